The summed E-state index contributed by atoms with van der Waals surface area (Å²) in [5.74, 6) is -3.38. The Morgan fingerprint density at radius 3 is 1.94 bits per heavy atom. The van der Waals surface area contributed by atoms with Crippen LogP contribution in [0.5, 0.6) is 0 Å². The van der Waals surface area contributed by atoms with Crippen LogP contribution in [0.3, 0.4) is 0 Å². The van der Waals surface area contributed by atoms with Gasteiger partial charge in [-0.25, -0.2) is 4.79 Å². The molecule has 0 radical (unpaired) electrons. The van der Waals surface area contributed by atoms with Gasteiger partial charge in [0.25, 0.3) is 0 Å². The first-order valence-electron chi connectivity index (χ1n) is 12.1. The molecule has 0 aliphatic carbocycles. The van der Waals surface area contributed by atoms with Crippen molar-refractivity contribution >= 4 is 29.7 Å². The van der Waals surface area contributed by atoms with E-state index in [1.54, 1.807) is 0 Å². The summed E-state index contributed by atoms with van der Waals surface area (Å²) in [6.07, 6.45) is 0.665. The lowest BCUT2D eigenvalue weighted by Crippen LogP contribution is -2.59. The van der Waals surface area contributed by atoms with Gasteiger partial charge in [-0.05, 0) is 57.9 Å². The second-order valence-corrected chi connectivity index (χ2v) is 9.16. The van der Waals surface area contributed by atoms with Gasteiger partial charge in [0.05, 0.1) is 12.1 Å². The number of hydrogen-bond donors (Lipinski definition) is 9. The lowest BCUT2D eigenvalue weighted by Gasteiger charge is -2.26. The van der Waals surface area contributed by atoms with Gasteiger partial charge in [-0.15, -0.1) is 0 Å². The summed E-state index contributed by atoms with van der Waals surface area (Å²) >= 11 is 0. The minimum absolute atomic E-state index is 0.0570. The molecule has 5 unspecified atom stereocenters. The van der Waals surface area contributed by atoms with Gasteiger partial charge in [-0.2, -0.15) is 0 Å². The number of guanidine groups is 1. The Morgan fingerprint density at radius 1 is 0.861 bits per heavy atom. The average Bonchev–Trinajstić information content (AvgIpc) is 2.77. The topological polar surface area (TPSA) is 261 Å². The zero-order valence-corrected chi connectivity index (χ0v) is 21.4. The van der Waals surface area contributed by atoms with E-state index in [2.05, 4.69) is 20.9 Å². The van der Waals surface area contributed by atoms with Crippen molar-refractivity contribution in [1.29, 1.82) is 0 Å². The molecule has 14 nitrogen and oxygen atoms in total. The predicted octanol–water partition coefficient (Wildman–Crippen LogP) is -2.54. The molecule has 0 aliphatic rings. The highest BCUT2D eigenvalue weighted by atomic mass is 16.4. The van der Waals surface area contributed by atoms with Crippen LogP contribution in [0.25, 0.3) is 0 Å². The van der Waals surface area contributed by atoms with Crippen LogP contribution in [-0.2, 0) is 19.2 Å². The van der Waals surface area contributed by atoms with Crippen LogP contribution < -0.4 is 38.9 Å². The Hall–Kier alpha value is -2.97. The second-order valence-electron chi connectivity index (χ2n) is 9.16. The smallest absolute Gasteiger partial charge is 0.326 e. The number of carbonyl (C=O) groups is 4. The predicted molar refractivity (Wildman–Crippen MR) is 135 cm³/mol. The molecule has 13 N–H and O–H groups in total. The number of carboxylic acid groups (broad SMARTS) is 1. The number of rotatable bonds is 18. The SMILES string of the molecule is CC(C)CC(N)C(=O)NC(C(=O)NC(CCCCN)C(=O)NC(CCCN=C(N)N)C(=O)O)C(C)O. The molecule has 0 saturated carbocycles. The minimum atomic E-state index is -1.37. The van der Waals surface area contributed by atoms with Crippen molar-refractivity contribution in [2.24, 2.45) is 33.8 Å². The molecule has 0 aromatic rings. The van der Waals surface area contributed by atoms with Gasteiger partial charge >= 0.3 is 5.97 Å². The van der Waals surface area contributed by atoms with Gasteiger partial charge in [0, 0.05) is 6.54 Å². The van der Waals surface area contributed by atoms with Crippen LogP contribution in [0, 0.1) is 5.92 Å². The standard InChI is InChI=1S/C22H44N8O6/c1-12(2)11-14(24)18(32)30-17(13(3)31)20(34)28-15(7-4-5-9-23)19(33)29-16(21(35)36)8-6-10-27-22(25)26/h12-17,31H,4-11,23-24H2,1-3H3,(H,28,34)(H,29,33)(H,30,32)(H,35,36)(H4,25,26,27). The zero-order valence-electron chi connectivity index (χ0n) is 21.4. The fourth-order valence-corrected chi connectivity index (χ4v) is 3.34. The number of carbonyl (C=O) groups excluding carboxylic acids is 3. The summed E-state index contributed by atoms with van der Waals surface area (Å²) < 4.78 is 0. The number of carboxylic acids is 1. The first-order chi connectivity index (χ1) is 16.8. The second kappa shape index (κ2) is 17.5. The molecule has 0 aliphatic heterocycles. The fraction of sp³-hybridized carbons (Fsp3) is 0.773. The Kier molecular flexibility index (Phi) is 16.0. The summed E-state index contributed by atoms with van der Waals surface area (Å²) in [6, 6.07) is -4.60. The van der Waals surface area contributed by atoms with E-state index >= 15 is 0 Å². The molecule has 0 heterocycles. The van der Waals surface area contributed by atoms with Crippen molar-refractivity contribution < 1.29 is 29.4 Å². The summed E-state index contributed by atoms with van der Waals surface area (Å²) in [6.45, 7) is 5.65. The third kappa shape index (κ3) is 13.8. The Bertz CT molecular complexity index is 742. The van der Waals surface area contributed by atoms with Crippen molar-refractivity contribution in [1.82, 2.24) is 16.0 Å². The van der Waals surface area contributed by atoms with E-state index in [1.807, 2.05) is 13.8 Å². The monoisotopic (exact) mass is 516 g/mol. The van der Waals surface area contributed by atoms with Gasteiger partial charge in [-0.3, -0.25) is 19.4 Å². The maximum Gasteiger partial charge on any atom is 0.326 e. The van der Waals surface area contributed by atoms with Crippen molar-refractivity contribution in [2.45, 2.75) is 89.6 Å². The molecule has 0 aromatic carbocycles. The van der Waals surface area contributed by atoms with Crippen LogP contribution in [0.1, 0.15) is 59.3 Å². The first-order valence-corrected chi connectivity index (χ1v) is 12.1. The number of nitrogens with two attached hydrogens (primary N) is 4. The summed E-state index contributed by atoms with van der Waals surface area (Å²) in [5, 5.41) is 27.0. The van der Waals surface area contributed by atoms with E-state index in [0.717, 1.165) is 0 Å². The van der Waals surface area contributed by atoms with Crippen LogP contribution in [0.2, 0.25) is 0 Å². The summed E-state index contributed by atoms with van der Waals surface area (Å²) in [4.78, 5) is 53.6. The number of amides is 3. The number of nitrogens with zero attached hydrogens (tertiary/aromatic N) is 1. The van der Waals surface area contributed by atoms with Crippen LogP contribution in [0.15, 0.2) is 4.99 Å². The molecule has 3 amide bonds. The van der Waals surface area contributed by atoms with Gasteiger partial charge in [0.1, 0.15) is 18.1 Å². The van der Waals surface area contributed by atoms with Gasteiger partial charge in [0.2, 0.25) is 17.7 Å². The van der Waals surface area contributed by atoms with Crippen LogP contribution in [0.4, 0.5) is 0 Å². The highest BCUT2D eigenvalue weighted by Gasteiger charge is 2.32. The first kappa shape index (κ1) is 33.0. The number of nitrogens with one attached hydrogen (secondary N) is 3. The number of aliphatic hydroxyl groups is 1. The quantitative estimate of drug-likeness (QED) is 0.0523. The molecule has 0 saturated heterocycles. The molecular formula is C22H44N8O6. The van der Waals surface area contributed by atoms with Crippen LogP contribution >= 0.6 is 0 Å². The van der Waals surface area contributed by atoms with Crippen LogP contribution in [-0.4, -0.2) is 83.2 Å². The lowest BCUT2D eigenvalue weighted by atomic mass is 10.0. The minimum Gasteiger partial charge on any atom is -0.480 e. The zero-order chi connectivity index (χ0) is 27.8. The largest absolute Gasteiger partial charge is 0.480 e. The van der Waals surface area contributed by atoms with Gasteiger partial charge < -0.3 is 49.1 Å². The Balaban J connectivity index is 5.42. The lowest BCUT2D eigenvalue weighted by molar-refractivity contribution is -0.142. The van der Waals surface area contributed by atoms with E-state index < -0.39 is 54.0 Å². The Labute approximate surface area is 212 Å². The van der Waals surface area contributed by atoms with E-state index in [-0.39, 0.29) is 31.3 Å². The average molecular weight is 517 g/mol. The van der Waals surface area contributed by atoms with E-state index in [9.17, 15) is 29.4 Å². The van der Waals surface area contributed by atoms with Crippen molar-refractivity contribution in [2.75, 3.05) is 13.1 Å². The van der Waals surface area contributed by atoms with Crippen molar-refractivity contribution in [3.8, 4) is 0 Å². The maximum absolute atomic E-state index is 12.9. The number of hydrogen-bond acceptors (Lipinski definition) is 8. The normalized spacial score (nSPS) is 15.2. The molecule has 0 rings (SSSR count). The van der Waals surface area contributed by atoms with E-state index in [0.29, 0.717) is 32.2 Å². The Morgan fingerprint density at radius 2 is 1.44 bits per heavy atom. The molecule has 0 spiro atoms. The molecule has 0 aromatic heterocycles. The molecule has 36 heavy (non-hydrogen) atoms. The van der Waals surface area contributed by atoms with Crippen molar-refractivity contribution in [3.63, 3.8) is 0 Å². The van der Waals surface area contributed by atoms with Gasteiger partial charge in [-0.1, -0.05) is 13.8 Å². The van der Waals surface area contributed by atoms with E-state index in [1.165, 1.54) is 6.92 Å². The number of unbranched alkanes of at least 4 members (excludes halogenated alkanes) is 1. The van der Waals surface area contributed by atoms with E-state index in [4.69, 9.17) is 22.9 Å². The highest BCUT2D eigenvalue weighted by molar-refractivity contribution is 5.94. The number of aliphatic carboxylic acids is 1. The highest BCUT2D eigenvalue weighted by Crippen LogP contribution is 2.07. The third-order valence-corrected chi connectivity index (χ3v) is 5.26. The molecule has 208 valence electrons. The third-order valence-electron chi connectivity index (χ3n) is 5.26. The van der Waals surface area contributed by atoms with Crippen molar-refractivity contribution in [3.05, 3.63) is 0 Å². The van der Waals surface area contributed by atoms with Gasteiger partial charge in [0.15, 0.2) is 5.96 Å². The molecular weight excluding hydrogens is 472 g/mol. The number of aliphatic imine (C=N–C) groups is 1. The molecule has 0 fully saturated rings. The maximum atomic E-state index is 12.9. The fourth-order valence-electron chi connectivity index (χ4n) is 3.34. The molecule has 0 bridgehead atoms. The molecule has 5 atom stereocenters. The molecule has 14 heteroatoms. The summed E-state index contributed by atoms with van der Waals surface area (Å²) in [5.41, 5.74) is 21.9. The number of aliphatic hydroxyl groups excluding tert-OH is 1. The summed E-state index contributed by atoms with van der Waals surface area (Å²) in [7, 11) is 0.